The van der Waals surface area contributed by atoms with Crippen LogP contribution in [0.1, 0.15) is 39.5 Å². The van der Waals surface area contributed by atoms with Crippen LogP contribution in [0.15, 0.2) is 20.1 Å². The van der Waals surface area contributed by atoms with Gasteiger partial charge in [0.15, 0.2) is 0 Å². The minimum absolute atomic E-state index is 0.00701. The first kappa shape index (κ1) is 15.1. The molecule has 1 unspecified atom stereocenters. The van der Waals surface area contributed by atoms with Crippen LogP contribution >= 0.6 is 27.3 Å². The number of nitrogens with one attached hydrogen (secondary N) is 1. The highest BCUT2D eigenvalue weighted by Gasteiger charge is 2.18. The molecule has 17 heavy (non-hydrogen) atoms. The molecule has 0 aliphatic carbocycles. The van der Waals surface area contributed by atoms with Crippen LogP contribution in [0, 0.1) is 0 Å². The molecule has 1 aromatic rings. The van der Waals surface area contributed by atoms with Crippen molar-refractivity contribution in [3.8, 4) is 0 Å². The van der Waals surface area contributed by atoms with E-state index in [1.54, 1.807) is 12.1 Å². The zero-order valence-electron chi connectivity index (χ0n) is 10.1. The van der Waals surface area contributed by atoms with Crippen LogP contribution in [0.5, 0.6) is 0 Å². The first-order valence-electron chi connectivity index (χ1n) is 5.73. The molecule has 0 fully saturated rings. The van der Waals surface area contributed by atoms with E-state index in [4.69, 9.17) is 0 Å². The molecule has 6 heteroatoms. The molecular weight excluding hydrogens is 322 g/mol. The molecule has 1 heterocycles. The van der Waals surface area contributed by atoms with Gasteiger partial charge in [0.25, 0.3) is 0 Å². The van der Waals surface area contributed by atoms with Crippen molar-refractivity contribution in [3.63, 3.8) is 0 Å². The molecule has 0 aromatic carbocycles. The lowest BCUT2D eigenvalue weighted by Crippen LogP contribution is -2.32. The summed E-state index contributed by atoms with van der Waals surface area (Å²) in [5.74, 6) is 0. The predicted octanol–water partition coefficient (Wildman–Crippen LogP) is 3.76. The third-order valence-corrected chi connectivity index (χ3v) is 6.12. The zero-order valence-corrected chi connectivity index (χ0v) is 13.3. The predicted molar refractivity (Wildman–Crippen MR) is 75.9 cm³/mol. The van der Waals surface area contributed by atoms with Crippen LogP contribution in [0.4, 0.5) is 0 Å². The van der Waals surface area contributed by atoms with Crippen LogP contribution < -0.4 is 4.72 Å². The number of halogens is 1. The van der Waals surface area contributed by atoms with Gasteiger partial charge < -0.3 is 0 Å². The number of rotatable bonds is 7. The highest BCUT2D eigenvalue weighted by Crippen LogP contribution is 2.26. The third kappa shape index (κ3) is 5.07. The molecule has 0 aliphatic rings. The number of hydrogen-bond acceptors (Lipinski definition) is 3. The van der Waals surface area contributed by atoms with Crippen molar-refractivity contribution in [3.05, 3.63) is 15.9 Å². The molecule has 1 aromatic heterocycles. The summed E-state index contributed by atoms with van der Waals surface area (Å²) in [5, 5.41) is 0. The van der Waals surface area contributed by atoms with Gasteiger partial charge >= 0.3 is 0 Å². The van der Waals surface area contributed by atoms with Crippen molar-refractivity contribution < 1.29 is 8.42 Å². The van der Waals surface area contributed by atoms with E-state index >= 15 is 0 Å². The molecule has 0 amide bonds. The van der Waals surface area contributed by atoms with Gasteiger partial charge in [-0.05, 0) is 41.4 Å². The molecule has 0 saturated heterocycles. The van der Waals surface area contributed by atoms with Gasteiger partial charge in [-0.15, -0.1) is 11.3 Å². The lowest BCUT2D eigenvalue weighted by molar-refractivity contribution is 0.528. The number of hydrogen-bond donors (Lipinski definition) is 1. The second kappa shape index (κ2) is 6.87. The maximum atomic E-state index is 12.0. The molecule has 98 valence electrons. The largest absolute Gasteiger partial charge is 0.250 e. The summed E-state index contributed by atoms with van der Waals surface area (Å²) in [7, 11) is -3.34. The second-order valence-corrected chi connectivity index (χ2v) is 8.48. The van der Waals surface area contributed by atoms with Gasteiger partial charge in [0, 0.05) is 6.04 Å². The third-order valence-electron chi connectivity index (χ3n) is 2.41. The lowest BCUT2D eigenvalue weighted by atomic mass is 10.1. The van der Waals surface area contributed by atoms with E-state index < -0.39 is 10.0 Å². The summed E-state index contributed by atoms with van der Waals surface area (Å²) in [6, 6.07) is 3.36. The Balaban J connectivity index is 2.55. The second-order valence-electron chi connectivity index (χ2n) is 4.08. The zero-order chi connectivity index (χ0) is 12.9. The maximum absolute atomic E-state index is 12.0. The van der Waals surface area contributed by atoms with E-state index in [9.17, 15) is 8.42 Å². The molecule has 1 rings (SSSR count). The lowest BCUT2D eigenvalue weighted by Gasteiger charge is -2.12. The van der Waals surface area contributed by atoms with Crippen molar-refractivity contribution in [1.82, 2.24) is 4.72 Å². The van der Waals surface area contributed by atoms with Crippen LogP contribution in [0.3, 0.4) is 0 Å². The number of thiophene rings is 1. The SMILES string of the molecule is CCCCCC(C)NS(=O)(=O)c1ccc(Br)s1. The van der Waals surface area contributed by atoms with Crippen molar-refractivity contribution in [2.24, 2.45) is 0 Å². The monoisotopic (exact) mass is 339 g/mol. The minimum Gasteiger partial charge on any atom is -0.208 e. The molecule has 0 saturated carbocycles. The maximum Gasteiger partial charge on any atom is 0.250 e. The van der Waals surface area contributed by atoms with E-state index in [1.807, 2.05) is 6.92 Å². The summed E-state index contributed by atoms with van der Waals surface area (Å²) in [5.41, 5.74) is 0. The molecule has 0 spiro atoms. The van der Waals surface area contributed by atoms with Crippen molar-refractivity contribution in [2.45, 2.75) is 49.8 Å². The van der Waals surface area contributed by atoms with E-state index in [2.05, 4.69) is 27.6 Å². The van der Waals surface area contributed by atoms with E-state index in [0.29, 0.717) is 4.21 Å². The van der Waals surface area contributed by atoms with Gasteiger partial charge in [0.2, 0.25) is 10.0 Å². The van der Waals surface area contributed by atoms with Gasteiger partial charge in [-0.3, -0.25) is 0 Å². The fraction of sp³-hybridized carbons (Fsp3) is 0.636. The van der Waals surface area contributed by atoms with Crippen molar-refractivity contribution >= 4 is 37.3 Å². The number of unbranched alkanes of at least 4 members (excludes halogenated alkanes) is 2. The van der Waals surface area contributed by atoms with Crippen LogP contribution in [0.2, 0.25) is 0 Å². The highest BCUT2D eigenvalue weighted by atomic mass is 79.9. The average molecular weight is 340 g/mol. The van der Waals surface area contributed by atoms with Crippen molar-refractivity contribution in [2.75, 3.05) is 0 Å². The summed E-state index contributed by atoms with van der Waals surface area (Å²) >= 11 is 4.50. The molecule has 0 aliphatic heterocycles. The summed E-state index contributed by atoms with van der Waals surface area (Å²) in [6.07, 6.45) is 4.25. The van der Waals surface area contributed by atoms with E-state index in [0.717, 1.165) is 29.5 Å². The Morgan fingerprint density at radius 1 is 1.41 bits per heavy atom. The van der Waals surface area contributed by atoms with Gasteiger partial charge in [0.1, 0.15) is 4.21 Å². The first-order chi connectivity index (χ1) is 7.95. The number of sulfonamides is 1. The Hall–Kier alpha value is 0.0900. The fourth-order valence-electron chi connectivity index (χ4n) is 1.52. The van der Waals surface area contributed by atoms with Crippen LogP contribution in [-0.4, -0.2) is 14.5 Å². The smallest absolute Gasteiger partial charge is 0.208 e. The van der Waals surface area contributed by atoms with E-state index in [-0.39, 0.29) is 6.04 Å². The van der Waals surface area contributed by atoms with E-state index in [1.165, 1.54) is 11.3 Å². The highest BCUT2D eigenvalue weighted by molar-refractivity contribution is 9.11. The summed E-state index contributed by atoms with van der Waals surface area (Å²) in [4.78, 5) is 0. The average Bonchev–Trinajstić information content (AvgIpc) is 2.65. The molecule has 0 bridgehead atoms. The Morgan fingerprint density at radius 3 is 2.65 bits per heavy atom. The Bertz CT molecular complexity index is 442. The Labute approximate surface area is 116 Å². The Kier molecular flexibility index (Phi) is 6.12. The molecule has 1 N–H and O–H groups in total. The molecular formula is C11H18BrNO2S2. The summed E-state index contributed by atoms with van der Waals surface area (Å²) in [6.45, 7) is 4.05. The summed E-state index contributed by atoms with van der Waals surface area (Å²) < 4.78 is 27.8. The van der Waals surface area contributed by atoms with Gasteiger partial charge in [0.05, 0.1) is 3.79 Å². The molecule has 3 nitrogen and oxygen atoms in total. The molecule has 1 atom stereocenters. The van der Waals surface area contributed by atoms with Crippen molar-refractivity contribution in [1.29, 1.82) is 0 Å². The topological polar surface area (TPSA) is 46.2 Å². The van der Waals surface area contributed by atoms with Gasteiger partial charge in [-0.25, -0.2) is 13.1 Å². The molecule has 0 radical (unpaired) electrons. The van der Waals surface area contributed by atoms with Gasteiger partial charge in [-0.2, -0.15) is 0 Å². The standard InChI is InChI=1S/C11H18BrNO2S2/c1-3-4-5-6-9(2)13-17(14,15)11-8-7-10(12)16-11/h7-9,13H,3-6H2,1-2H3. The normalized spacial score (nSPS) is 13.8. The van der Waals surface area contributed by atoms with Gasteiger partial charge in [-0.1, -0.05) is 26.2 Å². The quantitative estimate of drug-likeness (QED) is 0.768. The minimum atomic E-state index is -3.34. The first-order valence-corrected chi connectivity index (χ1v) is 8.82. The fourth-order valence-corrected chi connectivity index (χ4v) is 4.83. The van der Waals surface area contributed by atoms with Crippen LogP contribution in [0.25, 0.3) is 0 Å². The Morgan fingerprint density at radius 2 is 2.12 bits per heavy atom. The van der Waals surface area contributed by atoms with Crippen LogP contribution in [-0.2, 0) is 10.0 Å².